The zero-order valence-electron chi connectivity index (χ0n) is 16.7. The highest BCUT2D eigenvalue weighted by molar-refractivity contribution is 7.13. The van der Waals surface area contributed by atoms with E-state index >= 15 is 0 Å². The number of nitrogens with one attached hydrogen (secondary N) is 1. The highest BCUT2D eigenvalue weighted by atomic mass is 32.1. The number of benzene rings is 2. The van der Waals surface area contributed by atoms with E-state index in [0.717, 1.165) is 33.3 Å². The number of pyridine rings is 1. The highest BCUT2D eigenvalue weighted by Gasteiger charge is 2.10. The fraction of sp³-hybridized carbons (Fsp3) is 0.125. The first-order chi connectivity index (χ1) is 14.6. The maximum atomic E-state index is 12.6. The molecule has 1 amide bonds. The topological polar surface area (TPSA) is 64.1 Å². The SMILES string of the molecule is CC(C)Oc1ccc(C(=O)Nc2cccc(-c3csc(-c4cccnc4)n3)c2)cc1. The van der Waals surface area contributed by atoms with Crippen LogP contribution in [0.2, 0.25) is 0 Å². The predicted octanol–water partition coefficient (Wildman–Crippen LogP) is 5.91. The molecule has 0 radical (unpaired) electrons. The summed E-state index contributed by atoms with van der Waals surface area (Å²) in [5.74, 6) is 0.578. The van der Waals surface area contributed by atoms with Crippen LogP contribution in [-0.2, 0) is 0 Å². The van der Waals surface area contributed by atoms with Gasteiger partial charge in [-0.2, -0.15) is 0 Å². The largest absolute Gasteiger partial charge is 0.491 e. The Labute approximate surface area is 179 Å². The van der Waals surface area contributed by atoms with Gasteiger partial charge in [-0.1, -0.05) is 12.1 Å². The summed E-state index contributed by atoms with van der Waals surface area (Å²) in [5, 5.41) is 5.88. The number of nitrogens with zero attached hydrogens (tertiary/aromatic N) is 2. The van der Waals surface area contributed by atoms with Crippen LogP contribution in [0.4, 0.5) is 5.69 Å². The summed E-state index contributed by atoms with van der Waals surface area (Å²) >= 11 is 1.57. The fourth-order valence-corrected chi connectivity index (χ4v) is 3.76. The van der Waals surface area contributed by atoms with Crippen LogP contribution in [0.15, 0.2) is 78.4 Å². The van der Waals surface area contributed by atoms with E-state index in [4.69, 9.17) is 9.72 Å². The molecular weight excluding hydrogens is 394 g/mol. The van der Waals surface area contributed by atoms with E-state index in [1.54, 1.807) is 48.0 Å². The van der Waals surface area contributed by atoms with Gasteiger partial charge in [-0.15, -0.1) is 11.3 Å². The zero-order valence-corrected chi connectivity index (χ0v) is 17.5. The summed E-state index contributed by atoms with van der Waals surface area (Å²) in [6, 6.07) is 18.7. The Bertz CT molecular complexity index is 1140. The second-order valence-electron chi connectivity index (χ2n) is 7.01. The summed E-state index contributed by atoms with van der Waals surface area (Å²) in [7, 11) is 0. The molecule has 0 unspecified atom stereocenters. The van der Waals surface area contributed by atoms with Crippen molar-refractivity contribution in [3.8, 4) is 27.6 Å². The summed E-state index contributed by atoms with van der Waals surface area (Å²) in [6.07, 6.45) is 3.64. The average Bonchev–Trinajstić information content (AvgIpc) is 3.25. The van der Waals surface area contributed by atoms with Crippen LogP contribution >= 0.6 is 11.3 Å². The summed E-state index contributed by atoms with van der Waals surface area (Å²) in [4.78, 5) is 21.5. The third kappa shape index (κ3) is 4.72. The molecule has 0 aliphatic carbocycles. The minimum absolute atomic E-state index is 0.0943. The molecule has 6 heteroatoms. The second kappa shape index (κ2) is 8.88. The number of aromatic nitrogens is 2. The molecule has 4 rings (SSSR count). The molecular formula is C24H21N3O2S. The molecule has 0 atom stereocenters. The second-order valence-corrected chi connectivity index (χ2v) is 7.86. The third-order valence-electron chi connectivity index (χ3n) is 4.32. The van der Waals surface area contributed by atoms with E-state index < -0.39 is 0 Å². The van der Waals surface area contributed by atoms with E-state index in [2.05, 4.69) is 10.3 Å². The fourth-order valence-electron chi connectivity index (χ4n) is 2.94. The van der Waals surface area contributed by atoms with Crippen molar-refractivity contribution in [2.24, 2.45) is 0 Å². The van der Waals surface area contributed by atoms with Crippen molar-refractivity contribution < 1.29 is 9.53 Å². The monoisotopic (exact) mass is 415 g/mol. The maximum absolute atomic E-state index is 12.6. The quantitative estimate of drug-likeness (QED) is 0.425. The first kappa shape index (κ1) is 19.8. The van der Waals surface area contributed by atoms with Crippen molar-refractivity contribution in [3.05, 3.63) is 84.0 Å². The number of hydrogen-bond donors (Lipinski definition) is 1. The molecule has 0 saturated heterocycles. The molecule has 150 valence electrons. The molecule has 1 N–H and O–H groups in total. The van der Waals surface area contributed by atoms with E-state index in [0.29, 0.717) is 5.56 Å². The number of amides is 1. The summed E-state index contributed by atoms with van der Waals surface area (Å²) in [5.41, 5.74) is 4.09. The van der Waals surface area contributed by atoms with Crippen LogP contribution in [0, 0.1) is 0 Å². The van der Waals surface area contributed by atoms with Crippen molar-refractivity contribution in [2.75, 3.05) is 5.32 Å². The number of anilines is 1. The van der Waals surface area contributed by atoms with Gasteiger partial charge in [0.1, 0.15) is 10.8 Å². The van der Waals surface area contributed by atoms with Gasteiger partial charge >= 0.3 is 0 Å². The van der Waals surface area contributed by atoms with Crippen LogP contribution in [-0.4, -0.2) is 22.0 Å². The molecule has 2 aromatic carbocycles. The minimum atomic E-state index is -0.169. The maximum Gasteiger partial charge on any atom is 0.255 e. The first-order valence-corrected chi connectivity index (χ1v) is 10.5. The van der Waals surface area contributed by atoms with Crippen LogP contribution in [0.5, 0.6) is 5.75 Å². The van der Waals surface area contributed by atoms with Gasteiger partial charge in [-0.05, 0) is 62.4 Å². The van der Waals surface area contributed by atoms with Gasteiger partial charge in [0.15, 0.2) is 0 Å². The molecule has 0 aliphatic rings. The molecule has 2 aromatic heterocycles. The Morgan fingerprint density at radius 3 is 2.57 bits per heavy atom. The lowest BCUT2D eigenvalue weighted by Crippen LogP contribution is -2.12. The van der Waals surface area contributed by atoms with E-state index in [9.17, 15) is 4.79 Å². The Kier molecular flexibility index (Phi) is 5.86. The van der Waals surface area contributed by atoms with Gasteiger partial charge in [-0.25, -0.2) is 4.98 Å². The Hall–Kier alpha value is -3.51. The number of carbonyl (C=O) groups excluding carboxylic acids is 1. The standard InChI is InChI=1S/C24H21N3O2S/c1-16(2)29-21-10-8-17(9-11-21)23(28)26-20-7-3-5-18(13-20)22-15-30-24(27-22)19-6-4-12-25-14-19/h3-16H,1-2H3,(H,26,28). The van der Waals surface area contributed by atoms with Crippen molar-refractivity contribution in [1.29, 1.82) is 0 Å². The van der Waals surface area contributed by atoms with Crippen molar-refractivity contribution >= 4 is 22.9 Å². The lowest BCUT2D eigenvalue weighted by molar-refractivity contribution is 0.102. The van der Waals surface area contributed by atoms with Crippen LogP contribution < -0.4 is 10.1 Å². The normalized spacial score (nSPS) is 10.8. The van der Waals surface area contributed by atoms with Crippen LogP contribution in [0.1, 0.15) is 24.2 Å². The molecule has 0 bridgehead atoms. The lowest BCUT2D eigenvalue weighted by atomic mass is 10.1. The number of carbonyl (C=O) groups is 1. The number of thiazole rings is 1. The molecule has 0 saturated carbocycles. The molecule has 2 heterocycles. The molecule has 0 fully saturated rings. The van der Waals surface area contributed by atoms with Crippen molar-refractivity contribution in [3.63, 3.8) is 0 Å². The Balaban J connectivity index is 1.48. The lowest BCUT2D eigenvalue weighted by Gasteiger charge is -2.10. The van der Waals surface area contributed by atoms with E-state index in [1.165, 1.54) is 0 Å². The average molecular weight is 416 g/mol. The molecule has 0 spiro atoms. The predicted molar refractivity (Wildman–Crippen MR) is 121 cm³/mol. The molecule has 5 nitrogen and oxygen atoms in total. The van der Waals surface area contributed by atoms with Gasteiger partial charge in [0.2, 0.25) is 0 Å². The Morgan fingerprint density at radius 1 is 1.03 bits per heavy atom. The van der Waals surface area contributed by atoms with Gasteiger partial charge in [0.05, 0.1) is 11.8 Å². The first-order valence-electron chi connectivity index (χ1n) is 9.63. The molecule has 30 heavy (non-hydrogen) atoms. The summed E-state index contributed by atoms with van der Waals surface area (Å²) < 4.78 is 5.62. The molecule has 0 aliphatic heterocycles. The van der Waals surface area contributed by atoms with Gasteiger partial charge in [0, 0.05) is 40.2 Å². The van der Waals surface area contributed by atoms with Crippen LogP contribution in [0.25, 0.3) is 21.8 Å². The minimum Gasteiger partial charge on any atom is -0.491 e. The van der Waals surface area contributed by atoms with E-state index in [1.807, 2.05) is 55.6 Å². The van der Waals surface area contributed by atoms with Crippen molar-refractivity contribution in [1.82, 2.24) is 9.97 Å². The number of rotatable bonds is 6. The smallest absolute Gasteiger partial charge is 0.255 e. The van der Waals surface area contributed by atoms with Crippen molar-refractivity contribution in [2.45, 2.75) is 20.0 Å². The van der Waals surface area contributed by atoms with E-state index in [-0.39, 0.29) is 12.0 Å². The zero-order chi connectivity index (χ0) is 20.9. The third-order valence-corrected chi connectivity index (χ3v) is 5.21. The van der Waals surface area contributed by atoms with Crippen LogP contribution in [0.3, 0.4) is 0 Å². The van der Waals surface area contributed by atoms with Gasteiger partial charge in [0.25, 0.3) is 5.91 Å². The number of hydrogen-bond acceptors (Lipinski definition) is 5. The van der Waals surface area contributed by atoms with Gasteiger partial charge in [-0.3, -0.25) is 9.78 Å². The Morgan fingerprint density at radius 2 is 1.83 bits per heavy atom. The van der Waals surface area contributed by atoms with Gasteiger partial charge < -0.3 is 10.1 Å². The number of ether oxygens (including phenoxy) is 1. The summed E-state index contributed by atoms with van der Waals surface area (Å²) in [6.45, 7) is 3.94. The molecule has 4 aromatic rings. The highest BCUT2D eigenvalue weighted by Crippen LogP contribution is 2.29.